The van der Waals surface area contributed by atoms with Gasteiger partial charge in [0.25, 0.3) is 0 Å². The molecule has 0 aromatic heterocycles. The van der Waals surface area contributed by atoms with Crippen LogP contribution in [0.2, 0.25) is 0 Å². The number of hydrogen-bond donors (Lipinski definition) is 2. The Labute approximate surface area is 108 Å². The molecule has 0 aliphatic carbocycles. The van der Waals surface area contributed by atoms with E-state index in [0.717, 1.165) is 0 Å². The Morgan fingerprint density at radius 1 is 1.20 bits per heavy atom. The van der Waals surface area contributed by atoms with E-state index in [2.05, 4.69) is 22.9 Å². The van der Waals surface area contributed by atoms with E-state index in [-0.39, 0.29) is 64.6 Å². The molecule has 10 heavy (non-hydrogen) atoms. The first-order valence-electron chi connectivity index (χ1n) is 1.00. The fourth-order valence-electron chi connectivity index (χ4n) is 0. The minimum absolute atomic E-state index is 0. The Balaban J connectivity index is -0.0000000154. The Hall–Kier alpha value is 2.17. The van der Waals surface area contributed by atoms with Crippen LogP contribution in [0.15, 0.2) is 0 Å². The molecular formula is H6N2Na2O4S2. The summed E-state index contributed by atoms with van der Waals surface area (Å²) in [4.78, 5) is 0. The molecule has 0 unspecified atom stereocenters. The van der Waals surface area contributed by atoms with Gasteiger partial charge in [-0.25, -0.2) is 0 Å². The topological polar surface area (TPSA) is 147 Å². The van der Waals surface area contributed by atoms with Crippen LogP contribution in [0.4, 0.5) is 0 Å². The molecule has 6 nitrogen and oxygen atoms in total. The quantitative estimate of drug-likeness (QED) is 0.229. The average molecular weight is 208 g/mol. The van der Waals surface area contributed by atoms with Gasteiger partial charge in [0.2, 0.25) is 0 Å². The Morgan fingerprint density at radius 3 is 1.20 bits per heavy atom. The molecule has 10 heteroatoms. The molecule has 0 fully saturated rings. The van der Waals surface area contributed by atoms with E-state index in [0.29, 0.717) is 0 Å². The standard InChI is InChI=1S/H4N2.2Na.H2O3S2.H2O/c1-2;;;1-5(2,3)4;/h1-2H2;;;(H2,1,2,3,4);1H2/q;2*+1;;/p-2. The van der Waals surface area contributed by atoms with Crippen molar-refractivity contribution in [1.82, 2.24) is 0 Å². The fraction of sp³-hybridized carbons (Fsp3) is 0. The molecule has 0 rings (SSSR count). The summed E-state index contributed by atoms with van der Waals surface area (Å²) in [5.41, 5.74) is 0. The zero-order valence-electron chi connectivity index (χ0n) is 5.70. The predicted octanol–water partition coefficient (Wildman–Crippen LogP) is -9.00. The maximum absolute atomic E-state index is 8.89. The molecule has 0 atom stereocenters. The second kappa shape index (κ2) is 17.3. The summed E-state index contributed by atoms with van der Waals surface area (Å²) in [7, 11) is -4.33. The molecular weight excluding hydrogens is 202 g/mol. The predicted molar refractivity (Wildman–Crippen MR) is 29.1 cm³/mol. The van der Waals surface area contributed by atoms with E-state index in [1.165, 1.54) is 0 Å². The van der Waals surface area contributed by atoms with Crippen molar-refractivity contribution in [3.8, 4) is 0 Å². The first-order valence-corrected chi connectivity index (χ1v) is 3.33. The average Bonchev–Trinajstić information content (AvgIpc) is 1.36. The third-order valence-corrected chi connectivity index (χ3v) is 0. The molecule has 0 aromatic carbocycles. The number of rotatable bonds is 0. The molecule has 0 amide bonds. The van der Waals surface area contributed by atoms with Gasteiger partial charge in [0.1, 0.15) is 0 Å². The summed E-state index contributed by atoms with van der Waals surface area (Å²) in [6.07, 6.45) is 0. The summed E-state index contributed by atoms with van der Waals surface area (Å²) in [5.74, 6) is 8.00. The van der Waals surface area contributed by atoms with Gasteiger partial charge in [0.05, 0.1) is 0 Å². The maximum atomic E-state index is 8.89. The Kier molecular flexibility index (Phi) is 51.1. The minimum atomic E-state index is -4.33. The van der Waals surface area contributed by atoms with E-state index < -0.39 is 9.05 Å². The van der Waals surface area contributed by atoms with Gasteiger partial charge in [0, 0.05) is 0 Å². The van der Waals surface area contributed by atoms with Crippen LogP contribution >= 0.6 is 0 Å². The van der Waals surface area contributed by atoms with E-state index in [1.807, 2.05) is 0 Å². The first-order chi connectivity index (χ1) is 3.00. The van der Waals surface area contributed by atoms with Crippen molar-refractivity contribution in [3.63, 3.8) is 0 Å². The Morgan fingerprint density at radius 2 is 1.20 bits per heavy atom. The summed E-state index contributed by atoms with van der Waals surface area (Å²) < 4.78 is 26.7. The van der Waals surface area contributed by atoms with Crippen LogP contribution in [-0.4, -0.2) is 18.8 Å². The second-order valence-corrected chi connectivity index (χ2v) is 2.45. The molecule has 6 N–H and O–H groups in total. The molecule has 0 saturated carbocycles. The normalized spacial score (nSPS) is 6.40. The van der Waals surface area contributed by atoms with Crippen LogP contribution in [0.1, 0.15) is 0 Å². The number of hydrogen-bond acceptors (Lipinski definition) is 6. The van der Waals surface area contributed by atoms with Crippen LogP contribution in [0.3, 0.4) is 0 Å². The summed E-state index contributed by atoms with van der Waals surface area (Å²) >= 11 is 3.24. The number of nitrogens with two attached hydrogens (primary N) is 2. The van der Waals surface area contributed by atoms with Gasteiger partial charge in [-0.3, -0.25) is 15.9 Å². The van der Waals surface area contributed by atoms with Crippen molar-refractivity contribution in [2.24, 2.45) is 11.7 Å². The second-order valence-electron chi connectivity index (χ2n) is 0.408. The van der Waals surface area contributed by atoms with Crippen LogP contribution in [0.25, 0.3) is 0 Å². The van der Waals surface area contributed by atoms with Crippen molar-refractivity contribution >= 4 is 20.2 Å². The van der Waals surface area contributed by atoms with Gasteiger partial charge < -0.3 is 14.6 Å². The van der Waals surface area contributed by atoms with E-state index in [1.54, 1.807) is 0 Å². The fourth-order valence-corrected chi connectivity index (χ4v) is 0. The molecule has 0 heterocycles. The Bertz CT molecular complexity index is 102. The van der Waals surface area contributed by atoms with Crippen LogP contribution in [0.5, 0.6) is 0 Å². The summed E-state index contributed by atoms with van der Waals surface area (Å²) in [5, 5.41) is 0. The van der Waals surface area contributed by atoms with Gasteiger partial charge in [-0.1, -0.05) is 0 Å². The van der Waals surface area contributed by atoms with Gasteiger partial charge in [0.15, 0.2) is 0 Å². The van der Waals surface area contributed by atoms with Crippen LogP contribution in [0, 0.1) is 0 Å². The van der Waals surface area contributed by atoms with Gasteiger partial charge in [-0.05, 0) is 11.2 Å². The molecule has 0 spiro atoms. The molecule has 0 bridgehead atoms. The number of hydrazine groups is 1. The summed E-state index contributed by atoms with van der Waals surface area (Å²) in [6, 6.07) is 0. The molecule has 0 aromatic rings. The van der Waals surface area contributed by atoms with Crippen molar-refractivity contribution in [3.05, 3.63) is 0 Å². The SMILES string of the molecule is NN.O.O=S([O-])([O-])=S.[Na+].[Na+]. The smallest absolute Gasteiger partial charge is 0.780 e. The van der Waals surface area contributed by atoms with E-state index in [4.69, 9.17) is 13.3 Å². The van der Waals surface area contributed by atoms with Gasteiger partial charge >= 0.3 is 59.1 Å². The van der Waals surface area contributed by atoms with Crippen molar-refractivity contribution in [2.75, 3.05) is 0 Å². The maximum Gasteiger partial charge on any atom is 1.00 e. The first kappa shape index (κ1) is 29.5. The molecule has 54 valence electrons. The minimum Gasteiger partial charge on any atom is -0.780 e. The van der Waals surface area contributed by atoms with E-state index >= 15 is 0 Å². The third kappa shape index (κ3) is 182. The molecule has 0 aliphatic heterocycles. The van der Waals surface area contributed by atoms with Crippen LogP contribution in [-0.2, 0) is 20.2 Å². The monoisotopic (exact) mass is 208 g/mol. The van der Waals surface area contributed by atoms with Crippen LogP contribution < -0.4 is 70.8 Å². The largest absolute Gasteiger partial charge is 1.00 e. The van der Waals surface area contributed by atoms with Crippen molar-refractivity contribution in [2.45, 2.75) is 0 Å². The zero-order valence-corrected chi connectivity index (χ0v) is 11.3. The van der Waals surface area contributed by atoms with Gasteiger partial charge in [-0.15, -0.1) is 9.05 Å². The van der Waals surface area contributed by atoms with Crippen molar-refractivity contribution < 1.29 is 77.9 Å². The molecule has 0 aliphatic rings. The van der Waals surface area contributed by atoms with Gasteiger partial charge in [-0.2, -0.15) is 0 Å². The van der Waals surface area contributed by atoms with E-state index in [9.17, 15) is 0 Å². The zero-order chi connectivity index (χ0) is 6.50. The third-order valence-electron chi connectivity index (χ3n) is 0. The molecule has 0 radical (unpaired) electrons. The van der Waals surface area contributed by atoms with Crippen molar-refractivity contribution in [1.29, 1.82) is 0 Å². The summed E-state index contributed by atoms with van der Waals surface area (Å²) in [6.45, 7) is 0. The molecule has 0 saturated heterocycles.